The monoisotopic (exact) mass is 337 g/mol. The van der Waals surface area contributed by atoms with E-state index in [1.165, 1.54) is 7.11 Å². The van der Waals surface area contributed by atoms with Gasteiger partial charge in [0.15, 0.2) is 11.5 Å². The maximum atomic E-state index is 11.6. The lowest BCUT2D eigenvalue weighted by Crippen LogP contribution is -2.39. The second kappa shape index (κ2) is 7.62. The number of carbonyl (C=O) groups is 1. The van der Waals surface area contributed by atoms with Gasteiger partial charge in [-0.1, -0.05) is 6.07 Å². The summed E-state index contributed by atoms with van der Waals surface area (Å²) in [7, 11) is 1.38. The molecule has 3 rings (SSSR count). The molecule has 1 N–H and O–H groups in total. The van der Waals surface area contributed by atoms with Crippen molar-refractivity contribution in [3.05, 3.63) is 47.7 Å². The quantitative estimate of drug-likeness (QED) is 0.855. The molecule has 0 aliphatic carbocycles. The summed E-state index contributed by atoms with van der Waals surface area (Å²) < 4.78 is 4.75. The minimum atomic E-state index is -0.335. The lowest BCUT2D eigenvalue weighted by molar-refractivity contribution is 0.0601. The summed E-state index contributed by atoms with van der Waals surface area (Å²) in [5.41, 5.74) is 1.78. The summed E-state index contributed by atoms with van der Waals surface area (Å²) in [6.07, 6.45) is 1.90. The van der Waals surface area contributed by atoms with E-state index in [9.17, 15) is 4.79 Å². The first-order valence-corrected chi connectivity index (χ1v) is 8.13. The van der Waals surface area contributed by atoms with Gasteiger partial charge in [-0.05, 0) is 43.2 Å². The molecule has 0 amide bonds. The highest BCUT2D eigenvalue weighted by molar-refractivity contribution is 5.90. The zero-order valence-corrected chi connectivity index (χ0v) is 14.0. The third-order valence-electron chi connectivity index (χ3n) is 4.24. The van der Waals surface area contributed by atoms with Crippen molar-refractivity contribution in [1.29, 1.82) is 5.26 Å². The fraction of sp³-hybridized carbons (Fsp3) is 0.333. The number of nitriles is 1. The largest absolute Gasteiger partial charge is 0.465 e. The second-order valence-electron chi connectivity index (χ2n) is 5.87. The molecule has 7 nitrogen and oxygen atoms in total. The molecule has 1 aromatic carbocycles. The maximum absolute atomic E-state index is 11.6. The minimum Gasteiger partial charge on any atom is -0.465 e. The number of rotatable bonds is 4. The summed E-state index contributed by atoms with van der Waals surface area (Å²) in [6, 6.07) is 13.2. The van der Waals surface area contributed by atoms with Crippen molar-refractivity contribution in [3.63, 3.8) is 0 Å². The van der Waals surface area contributed by atoms with Crippen LogP contribution in [-0.4, -0.2) is 42.4 Å². The predicted octanol–water partition coefficient (Wildman–Crippen LogP) is 2.22. The molecule has 0 radical (unpaired) electrons. The van der Waals surface area contributed by atoms with Crippen molar-refractivity contribution < 1.29 is 9.53 Å². The number of ether oxygens (including phenoxy) is 1. The first-order valence-electron chi connectivity index (χ1n) is 8.13. The number of hydrogen-bond donors (Lipinski definition) is 1. The van der Waals surface area contributed by atoms with E-state index in [0.29, 0.717) is 17.3 Å². The van der Waals surface area contributed by atoms with Crippen LogP contribution in [0.25, 0.3) is 0 Å². The summed E-state index contributed by atoms with van der Waals surface area (Å²) >= 11 is 0. The van der Waals surface area contributed by atoms with E-state index in [0.717, 1.165) is 37.4 Å². The topological polar surface area (TPSA) is 91.1 Å². The van der Waals surface area contributed by atoms with Crippen LogP contribution in [0.2, 0.25) is 0 Å². The predicted molar refractivity (Wildman–Crippen MR) is 93.4 cm³/mol. The third kappa shape index (κ3) is 4.04. The molecule has 25 heavy (non-hydrogen) atoms. The van der Waals surface area contributed by atoms with Crippen LogP contribution in [0.15, 0.2) is 36.4 Å². The number of nitrogens with one attached hydrogen (secondary N) is 1. The average Bonchev–Trinajstić information content (AvgIpc) is 2.68. The van der Waals surface area contributed by atoms with E-state index in [1.54, 1.807) is 12.1 Å². The van der Waals surface area contributed by atoms with Gasteiger partial charge in [0, 0.05) is 24.8 Å². The molecular formula is C18H19N5O2. The molecule has 2 aromatic rings. The van der Waals surface area contributed by atoms with Gasteiger partial charge in [-0.3, -0.25) is 0 Å². The molecule has 2 heterocycles. The van der Waals surface area contributed by atoms with Crippen molar-refractivity contribution in [2.24, 2.45) is 0 Å². The lowest BCUT2D eigenvalue weighted by atomic mass is 10.0. The third-order valence-corrected chi connectivity index (χ3v) is 4.24. The van der Waals surface area contributed by atoms with Gasteiger partial charge >= 0.3 is 5.97 Å². The van der Waals surface area contributed by atoms with Crippen LogP contribution in [-0.2, 0) is 4.74 Å². The number of piperidine rings is 1. The highest BCUT2D eigenvalue weighted by atomic mass is 16.5. The Labute approximate surface area is 146 Å². The zero-order valence-electron chi connectivity index (χ0n) is 14.0. The van der Waals surface area contributed by atoms with Crippen LogP contribution in [0.1, 0.15) is 28.9 Å². The van der Waals surface area contributed by atoms with Crippen molar-refractivity contribution in [2.75, 3.05) is 30.4 Å². The molecular weight excluding hydrogens is 318 g/mol. The Morgan fingerprint density at radius 2 is 2.08 bits per heavy atom. The summed E-state index contributed by atoms with van der Waals surface area (Å²) in [4.78, 5) is 13.8. The Balaban J connectivity index is 1.57. The summed E-state index contributed by atoms with van der Waals surface area (Å²) in [6.45, 7) is 1.71. The number of carbonyl (C=O) groups excluding carboxylic acids is 1. The Morgan fingerprint density at radius 3 is 2.72 bits per heavy atom. The number of methoxy groups -OCH3 is 1. The second-order valence-corrected chi connectivity index (χ2v) is 5.87. The van der Waals surface area contributed by atoms with Crippen molar-refractivity contribution >= 4 is 17.5 Å². The van der Waals surface area contributed by atoms with Crippen molar-refractivity contribution in [3.8, 4) is 6.07 Å². The number of esters is 1. The molecule has 0 atom stereocenters. The first-order chi connectivity index (χ1) is 12.2. The van der Waals surface area contributed by atoms with Gasteiger partial charge in [-0.15, -0.1) is 10.2 Å². The lowest BCUT2D eigenvalue weighted by Gasteiger charge is -2.33. The van der Waals surface area contributed by atoms with Crippen LogP contribution in [0.3, 0.4) is 0 Å². The molecule has 0 bridgehead atoms. The average molecular weight is 337 g/mol. The number of hydrogen-bond acceptors (Lipinski definition) is 7. The van der Waals surface area contributed by atoms with Gasteiger partial charge in [-0.2, -0.15) is 5.26 Å². The van der Waals surface area contributed by atoms with Crippen molar-refractivity contribution in [2.45, 2.75) is 18.9 Å². The number of aromatic nitrogens is 2. The van der Waals surface area contributed by atoms with Gasteiger partial charge in [0.1, 0.15) is 6.07 Å². The molecule has 1 fully saturated rings. The normalized spacial score (nSPS) is 14.6. The van der Waals surface area contributed by atoms with E-state index in [2.05, 4.69) is 20.4 Å². The Morgan fingerprint density at radius 1 is 1.28 bits per heavy atom. The first kappa shape index (κ1) is 16.7. The highest BCUT2D eigenvalue weighted by Gasteiger charge is 2.20. The van der Waals surface area contributed by atoms with Crippen molar-refractivity contribution in [1.82, 2.24) is 10.2 Å². The van der Waals surface area contributed by atoms with Crippen LogP contribution in [0.5, 0.6) is 0 Å². The van der Waals surface area contributed by atoms with Gasteiger partial charge in [0.25, 0.3) is 0 Å². The molecule has 1 aromatic heterocycles. The zero-order chi connectivity index (χ0) is 17.6. The smallest absolute Gasteiger partial charge is 0.337 e. The molecule has 1 saturated heterocycles. The van der Waals surface area contributed by atoms with Crippen LogP contribution < -0.4 is 10.2 Å². The standard InChI is InChI=1S/C18H19N5O2/c1-25-18(24)13-3-2-4-15(11-13)20-14-7-9-23(10-8-14)17-6-5-16(12-19)21-22-17/h2-6,11,14,20H,7-10H2,1H3. The van der Waals surface area contributed by atoms with Crippen LogP contribution in [0.4, 0.5) is 11.5 Å². The van der Waals surface area contributed by atoms with Crippen LogP contribution >= 0.6 is 0 Å². The van der Waals surface area contributed by atoms with Crippen LogP contribution in [0, 0.1) is 11.3 Å². The van der Waals surface area contributed by atoms with Gasteiger partial charge in [-0.25, -0.2) is 4.79 Å². The van der Waals surface area contributed by atoms with E-state index in [-0.39, 0.29) is 5.97 Å². The van der Waals surface area contributed by atoms with Gasteiger partial charge < -0.3 is 15.0 Å². The fourth-order valence-electron chi connectivity index (χ4n) is 2.90. The molecule has 0 saturated carbocycles. The van der Waals surface area contributed by atoms with Gasteiger partial charge in [0.2, 0.25) is 0 Å². The Hall–Kier alpha value is -3.14. The highest BCUT2D eigenvalue weighted by Crippen LogP contribution is 2.21. The van der Waals surface area contributed by atoms with E-state index < -0.39 is 0 Å². The molecule has 7 heteroatoms. The molecule has 0 spiro atoms. The summed E-state index contributed by atoms with van der Waals surface area (Å²) in [5, 5.41) is 20.2. The van der Waals surface area contributed by atoms with E-state index in [4.69, 9.17) is 10.00 Å². The van der Waals surface area contributed by atoms with E-state index >= 15 is 0 Å². The minimum absolute atomic E-state index is 0.325. The van der Waals surface area contributed by atoms with E-state index in [1.807, 2.05) is 30.3 Å². The Kier molecular flexibility index (Phi) is 5.09. The molecule has 1 aliphatic rings. The number of anilines is 2. The molecule has 0 unspecified atom stereocenters. The number of nitrogens with zero attached hydrogens (tertiary/aromatic N) is 4. The molecule has 128 valence electrons. The van der Waals surface area contributed by atoms with Gasteiger partial charge in [0.05, 0.1) is 12.7 Å². The fourth-order valence-corrected chi connectivity index (χ4v) is 2.90. The maximum Gasteiger partial charge on any atom is 0.337 e. The molecule has 1 aliphatic heterocycles. The summed E-state index contributed by atoms with van der Waals surface area (Å²) in [5.74, 6) is 0.461. The number of benzene rings is 1. The Bertz CT molecular complexity index is 777. The SMILES string of the molecule is COC(=O)c1cccc(NC2CCN(c3ccc(C#N)nn3)CC2)c1.